The molecule has 0 N–H and O–H groups in total. The van der Waals surface area contributed by atoms with Crippen molar-refractivity contribution in [1.82, 2.24) is 0 Å². The summed E-state index contributed by atoms with van der Waals surface area (Å²) >= 11 is 0. The van der Waals surface area contributed by atoms with Gasteiger partial charge in [0.25, 0.3) is 0 Å². The van der Waals surface area contributed by atoms with Crippen molar-refractivity contribution in [1.29, 1.82) is 0 Å². The second-order valence-electron chi connectivity index (χ2n) is 4.51. The van der Waals surface area contributed by atoms with Crippen molar-refractivity contribution in [2.24, 2.45) is 0 Å². The van der Waals surface area contributed by atoms with E-state index in [1.165, 1.54) is 0 Å². The summed E-state index contributed by atoms with van der Waals surface area (Å²) in [6, 6.07) is 27.6. The molecule has 0 aromatic heterocycles. The molecular formula is C18H14OP+. The molecule has 3 rings (SSSR count). The first-order valence-electron chi connectivity index (χ1n) is 6.53. The molecule has 0 aliphatic carbocycles. The molecule has 2 heteroatoms. The summed E-state index contributed by atoms with van der Waals surface area (Å²) in [5, 5.41) is 1.76. The third-order valence-corrected chi connectivity index (χ3v) is 4.79. The van der Waals surface area contributed by atoms with Crippen LogP contribution in [0.4, 0.5) is 0 Å². The maximum Gasteiger partial charge on any atom is 0.415 e. The maximum atomic E-state index is 12.8. The van der Waals surface area contributed by atoms with Crippen LogP contribution in [0.1, 0.15) is 0 Å². The van der Waals surface area contributed by atoms with Gasteiger partial charge in [-0.15, -0.1) is 0 Å². The van der Waals surface area contributed by atoms with Crippen LogP contribution in [-0.2, 0) is 4.57 Å². The average Bonchev–Trinajstić information content (AvgIpc) is 2.56. The van der Waals surface area contributed by atoms with E-state index in [1.54, 1.807) is 0 Å². The molecule has 1 unspecified atom stereocenters. The van der Waals surface area contributed by atoms with Crippen LogP contribution in [0.3, 0.4) is 0 Å². The molecule has 3 aromatic rings. The Morgan fingerprint density at radius 1 is 0.600 bits per heavy atom. The van der Waals surface area contributed by atoms with E-state index in [-0.39, 0.29) is 0 Å². The summed E-state index contributed by atoms with van der Waals surface area (Å²) in [5.41, 5.74) is 2.14. The Balaban J connectivity index is 2.10. The molecule has 0 fully saturated rings. The van der Waals surface area contributed by atoms with Gasteiger partial charge in [-0.3, -0.25) is 0 Å². The Bertz CT molecular complexity index is 721. The SMILES string of the molecule is O=[P+](c1ccccc1)c1ccccc1-c1ccccc1. The quantitative estimate of drug-likeness (QED) is 0.658. The lowest BCUT2D eigenvalue weighted by atomic mass is 10.1. The summed E-state index contributed by atoms with van der Waals surface area (Å²) in [4.78, 5) is 0. The standard InChI is InChI=1S/C18H14OP/c19-20(16-11-5-2-6-12-16)18-14-8-7-13-17(18)15-9-3-1-4-10-15/h1-14H/q+1. The average molecular weight is 277 g/mol. The van der Waals surface area contributed by atoms with Crippen molar-refractivity contribution in [3.05, 3.63) is 84.9 Å². The monoisotopic (exact) mass is 277 g/mol. The van der Waals surface area contributed by atoms with Crippen LogP contribution < -0.4 is 10.6 Å². The largest absolute Gasteiger partial charge is 0.415 e. The summed E-state index contributed by atoms with van der Waals surface area (Å²) < 4.78 is 12.8. The fourth-order valence-electron chi connectivity index (χ4n) is 2.22. The first kappa shape index (κ1) is 12.8. The highest BCUT2D eigenvalue weighted by Gasteiger charge is 2.26. The molecule has 0 amide bonds. The third-order valence-electron chi connectivity index (χ3n) is 3.20. The highest BCUT2D eigenvalue weighted by Crippen LogP contribution is 2.27. The van der Waals surface area contributed by atoms with Gasteiger partial charge < -0.3 is 0 Å². The van der Waals surface area contributed by atoms with Crippen LogP contribution >= 0.6 is 7.80 Å². The van der Waals surface area contributed by atoms with Crippen LogP contribution in [0.25, 0.3) is 11.1 Å². The Labute approximate surface area is 119 Å². The van der Waals surface area contributed by atoms with Crippen molar-refractivity contribution >= 4 is 18.4 Å². The minimum absolute atomic E-state index is 0.867. The van der Waals surface area contributed by atoms with Crippen molar-refractivity contribution in [2.45, 2.75) is 0 Å². The molecule has 96 valence electrons. The van der Waals surface area contributed by atoms with Crippen molar-refractivity contribution in [2.75, 3.05) is 0 Å². The second kappa shape index (κ2) is 5.81. The second-order valence-corrected chi connectivity index (χ2v) is 6.10. The van der Waals surface area contributed by atoms with E-state index in [0.29, 0.717) is 0 Å². The van der Waals surface area contributed by atoms with E-state index in [0.717, 1.165) is 21.7 Å². The maximum absolute atomic E-state index is 12.8. The molecule has 1 nitrogen and oxygen atoms in total. The lowest BCUT2D eigenvalue weighted by Gasteiger charge is -2.01. The van der Waals surface area contributed by atoms with Gasteiger partial charge in [-0.25, -0.2) is 0 Å². The summed E-state index contributed by atoms with van der Waals surface area (Å²) in [6.07, 6.45) is 0. The van der Waals surface area contributed by atoms with Crippen LogP contribution in [0.5, 0.6) is 0 Å². The molecular weight excluding hydrogens is 263 g/mol. The summed E-state index contributed by atoms with van der Waals surface area (Å²) in [6.45, 7) is 0. The van der Waals surface area contributed by atoms with Gasteiger partial charge in [0.15, 0.2) is 5.30 Å². The Hall–Kier alpha value is -2.24. The fraction of sp³-hybridized carbons (Fsp3) is 0. The lowest BCUT2D eigenvalue weighted by Crippen LogP contribution is -2.08. The number of rotatable bonds is 3. The van der Waals surface area contributed by atoms with E-state index in [2.05, 4.69) is 0 Å². The molecule has 0 bridgehead atoms. The zero-order chi connectivity index (χ0) is 13.8. The zero-order valence-corrected chi connectivity index (χ0v) is 11.8. The van der Waals surface area contributed by atoms with E-state index in [9.17, 15) is 4.57 Å². The van der Waals surface area contributed by atoms with Gasteiger partial charge in [-0.1, -0.05) is 65.2 Å². The van der Waals surface area contributed by atoms with E-state index < -0.39 is 7.80 Å². The van der Waals surface area contributed by atoms with Crippen LogP contribution in [0.2, 0.25) is 0 Å². The molecule has 0 saturated carbocycles. The van der Waals surface area contributed by atoms with Crippen LogP contribution in [0.15, 0.2) is 84.9 Å². The predicted octanol–water partition coefficient (Wildman–Crippen LogP) is 4.13. The number of hydrogen-bond donors (Lipinski definition) is 0. The van der Waals surface area contributed by atoms with E-state index in [1.807, 2.05) is 84.9 Å². The smallest absolute Gasteiger partial charge is 0.0622 e. The van der Waals surface area contributed by atoms with Gasteiger partial charge in [0.05, 0.1) is 0 Å². The first-order chi connectivity index (χ1) is 9.86. The minimum Gasteiger partial charge on any atom is -0.0622 e. The summed E-state index contributed by atoms with van der Waals surface area (Å²) in [5.74, 6) is 0. The number of benzene rings is 3. The molecule has 0 radical (unpaired) electrons. The normalized spacial score (nSPS) is 11.1. The Kier molecular flexibility index (Phi) is 3.71. The lowest BCUT2D eigenvalue weighted by molar-refractivity contribution is 0.598. The topological polar surface area (TPSA) is 17.1 Å². The Morgan fingerprint density at radius 2 is 1.15 bits per heavy atom. The van der Waals surface area contributed by atoms with Gasteiger partial charge in [0, 0.05) is 5.56 Å². The first-order valence-corrected chi connectivity index (χ1v) is 7.79. The predicted molar refractivity (Wildman–Crippen MR) is 85.2 cm³/mol. The molecule has 1 atom stereocenters. The van der Waals surface area contributed by atoms with Gasteiger partial charge >= 0.3 is 7.80 Å². The Morgan fingerprint density at radius 3 is 1.85 bits per heavy atom. The fourth-order valence-corrected chi connectivity index (χ4v) is 3.58. The highest BCUT2D eigenvalue weighted by molar-refractivity contribution is 7.61. The van der Waals surface area contributed by atoms with Gasteiger partial charge in [0.2, 0.25) is 5.30 Å². The van der Waals surface area contributed by atoms with E-state index >= 15 is 0 Å². The van der Waals surface area contributed by atoms with Gasteiger partial charge in [-0.2, -0.15) is 0 Å². The van der Waals surface area contributed by atoms with Gasteiger partial charge in [-0.05, 0) is 29.8 Å². The van der Waals surface area contributed by atoms with Crippen molar-refractivity contribution < 1.29 is 4.57 Å². The van der Waals surface area contributed by atoms with Crippen molar-refractivity contribution in [3.63, 3.8) is 0 Å². The van der Waals surface area contributed by atoms with Gasteiger partial charge in [0.1, 0.15) is 0 Å². The summed E-state index contributed by atoms with van der Waals surface area (Å²) in [7, 11) is -1.57. The minimum atomic E-state index is -1.57. The molecule has 20 heavy (non-hydrogen) atoms. The van der Waals surface area contributed by atoms with Crippen LogP contribution in [-0.4, -0.2) is 0 Å². The van der Waals surface area contributed by atoms with Crippen LogP contribution in [0, 0.1) is 0 Å². The van der Waals surface area contributed by atoms with E-state index in [4.69, 9.17) is 0 Å². The van der Waals surface area contributed by atoms with Crippen molar-refractivity contribution in [3.8, 4) is 11.1 Å². The number of hydrogen-bond acceptors (Lipinski definition) is 1. The molecule has 0 aliphatic heterocycles. The molecule has 0 spiro atoms. The molecule has 3 aromatic carbocycles. The third kappa shape index (κ3) is 2.54. The highest BCUT2D eigenvalue weighted by atomic mass is 31.1. The molecule has 0 aliphatic rings. The zero-order valence-electron chi connectivity index (χ0n) is 10.9. The molecule has 0 saturated heterocycles. The molecule has 0 heterocycles.